The highest BCUT2D eigenvalue weighted by Crippen LogP contribution is 2.36. The molecule has 158 valence electrons. The van der Waals surface area contributed by atoms with Crippen LogP contribution in [0, 0.1) is 6.92 Å². The van der Waals surface area contributed by atoms with Gasteiger partial charge in [-0.25, -0.2) is 0 Å². The topological polar surface area (TPSA) is 132 Å². The molecule has 10 heteroatoms. The minimum atomic E-state index is -0.565. The number of amides is 1. The first-order valence-corrected chi connectivity index (χ1v) is 10.4. The van der Waals surface area contributed by atoms with Gasteiger partial charge < -0.3 is 21.1 Å². The molecule has 31 heavy (non-hydrogen) atoms. The Morgan fingerprint density at radius 1 is 1.16 bits per heavy atom. The molecule has 1 aromatic heterocycles. The first-order chi connectivity index (χ1) is 15.0. The van der Waals surface area contributed by atoms with E-state index in [2.05, 4.69) is 25.6 Å². The van der Waals surface area contributed by atoms with Crippen LogP contribution in [-0.4, -0.2) is 32.1 Å². The molecule has 0 fully saturated rings. The van der Waals surface area contributed by atoms with E-state index in [1.807, 2.05) is 55.5 Å². The van der Waals surface area contributed by atoms with Gasteiger partial charge >= 0.3 is 5.97 Å². The lowest BCUT2D eigenvalue weighted by Gasteiger charge is -2.23. The van der Waals surface area contributed by atoms with Crippen LogP contribution >= 0.6 is 11.8 Å². The smallest absolute Gasteiger partial charge is 0.307 e. The fourth-order valence-electron chi connectivity index (χ4n) is 2.91. The number of para-hydroxylation sites is 1. The van der Waals surface area contributed by atoms with Gasteiger partial charge in [0.2, 0.25) is 17.8 Å². The number of anilines is 4. The summed E-state index contributed by atoms with van der Waals surface area (Å²) < 4.78 is 5.27. The number of nitrogens with zero attached hydrogens (tertiary/aromatic N) is 3. The summed E-state index contributed by atoms with van der Waals surface area (Å²) in [5, 5.41) is 5.28. The second kappa shape index (κ2) is 9.00. The largest absolute Gasteiger partial charge is 0.457 e. The van der Waals surface area contributed by atoms with Crippen molar-refractivity contribution in [1.82, 2.24) is 15.0 Å². The van der Waals surface area contributed by atoms with Crippen LogP contribution in [0.4, 0.5) is 23.3 Å². The molecule has 4 N–H and O–H groups in total. The highest BCUT2D eigenvalue weighted by atomic mass is 32.2. The molecule has 0 saturated heterocycles. The fourth-order valence-corrected chi connectivity index (χ4v) is 4.00. The molecule has 1 unspecified atom stereocenters. The number of fused-ring (bicyclic) bond motifs is 1. The summed E-state index contributed by atoms with van der Waals surface area (Å²) in [6, 6.07) is 15.1. The third kappa shape index (κ3) is 5.28. The van der Waals surface area contributed by atoms with Crippen molar-refractivity contribution in [2.24, 2.45) is 0 Å². The predicted octanol–water partition coefficient (Wildman–Crippen LogP) is 3.05. The van der Waals surface area contributed by atoms with E-state index >= 15 is 0 Å². The van der Waals surface area contributed by atoms with E-state index in [0.29, 0.717) is 0 Å². The molecule has 0 radical (unpaired) electrons. The van der Waals surface area contributed by atoms with E-state index in [1.54, 1.807) is 0 Å². The summed E-state index contributed by atoms with van der Waals surface area (Å²) in [5.41, 5.74) is 8.42. The van der Waals surface area contributed by atoms with Crippen molar-refractivity contribution in [2.45, 2.75) is 30.1 Å². The van der Waals surface area contributed by atoms with E-state index in [0.717, 1.165) is 21.8 Å². The second-order valence-electron chi connectivity index (χ2n) is 6.88. The number of aromatic nitrogens is 3. The Morgan fingerprint density at radius 3 is 2.74 bits per heavy atom. The summed E-state index contributed by atoms with van der Waals surface area (Å²) in [6.07, 6.45) is -0.0696. The molecule has 0 saturated carbocycles. The van der Waals surface area contributed by atoms with E-state index < -0.39 is 11.2 Å². The minimum Gasteiger partial charge on any atom is -0.457 e. The first kappa shape index (κ1) is 20.6. The highest BCUT2D eigenvalue weighted by molar-refractivity contribution is 8.01. The number of carbonyl (C=O) groups excluding carboxylic acids is 2. The molecule has 3 aromatic rings. The fraction of sp³-hybridized carbons (Fsp3) is 0.190. The van der Waals surface area contributed by atoms with Gasteiger partial charge in [0, 0.05) is 10.6 Å². The quantitative estimate of drug-likeness (QED) is 0.499. The van der Waals surface area contributed by atoms with E-state index in [-0.39, 0.29) is 36.7 Å². The SMILES string of the molecule is Cc1ccc(Nc2nc(N)nc(COC(=O)CC3Sc4ccccc4NC3=O)n2)cc1. The molecule has 0 spiro atoms. The van der Waals surface area contributed by atoms with E-state index in [9.17, 15) is 9.59 Å². The molecule has 2 aromatic carbocycles. The molecular formula is C21H20N6O3S. The zero-order valence-electron chi connectivity index (χ0n) is 16.7. The Hall–Kier alpha value is -3.66. The van der Waals surface area contributed by atoms with Crippen LogP contribution in [0.15, 0.2) is 53.4 Å². The maximum absolute atomic E-state index is 12.3. The van der Waals surface area contributed by atoms with Gasteiger partial charge in [-0.1, -0.05) is 29.8 Å². The molecule has 1 amide bonds. The summed E-state index contributed by atoms with van der Waals surface area (Å²) in [7, 11) is 0. The number of hydrogen-bond donors (Lipinski definition) is 3. The van der Waals surface area contributed by atoms with Gasteiger partial charge in [-0.2, -0.15) is 15.0 Å². The second-order valence-corrected chi connectivity index (χ2v) is 8.13. The summed E-state index contributed by atoms with van der Waals surface area (Å²) in [4.78, 5) is 37.8. The standard InChI is InChI=1S/C21H20N6O3S/c1-12-6-8-13(9-7-12)23-21-26-17(25-20(22)27-21)11-30-18(28)10-16-19(29)24-14-4-2-3-5-15(14)31-16/h2-9,16H,10-11H2,1H3,(H,24,29)(H3,22,23,25,26,27). The number of esters is 1. The van der Waals surface area contributed by atoms with Gasteiger partial charge in [0.05, 0.1) is 17.4 Å². The lowest BCUT2D eigenvalue weighted by atomic mass is 10.2. The number of benzene rings is 2. The Bertz CT molecular complexity index is 1120. The van der Waals surface area contributed by atoms with E-state index in [1.165, 1.54) is 11.8 Å². The Kier molecular flexibility index (Phi) is 5.99. The predicted molar refractivity (Wildman–Crippen MR) is 118 cm³/mol. The summed E-state index contributed by atoms with van der Waals surface area (Å²) in [5.74, 6) is -0.286. The normalized spacial score (nSPS) is 15.0. The summed E-state index contributed by atoms with van der Waals surface area (Å²) in [6.45, 7) is 1.81. The van der Waals surface area contributed by atoms with Gasteiger partial charge in [-0.05, 0) is 31.2 Å². The Labute approximate surface area is 182 Å². The van der Waals surface area contributed by atoms with Crippen LogP contribution in [-0.2, 0) is 20.9 Å². The number of nitrogens with two attached hydrogens (primary N) is 1. The Morgan fingerprint density at radius 2 is 1.94 bits per heavy atom. The van der Waals surface area contributed by atoms with Crippen molar-refractivity contribution in [3.63, 3.8) is 0 Å². The number of thioether (sulfide) groups is 1. The molecule has 0 aliphatic carbocycles. The molecule has 0 bridgehead atoms. The lowest BCUT2D eigenvalue weighted by molar-refractivity contribution is -0.146. The number of nitrogens with one attached hydrogen (secondary N) is 2. The molecule has 2 heterocycles. The number of ether oxygens (including phenoxy) is 1. The van der Waals surface area contributed by atoms with Crippen molar-refractivity contribution < 1.29 is 14.3 Å². The van der Waals surface area contributed by atoms with Gasteiger partial charge in [0.1, 0.15) is 0 Å². The van der Waals surface area contributed by atoms with Crippen molar-refractivity contribution in [2.75, 3.05) is 16.4 Å². The van der Waals surface area contributed by atoms with Crippen LogP contribution in [0.2, 0.25) is 0 Å². The monoisotopic (exact) mass is 436 g/mol. The molecular weight excluding hydrogens is 416 g/mol. The summed E-state index contributed by atoms with van der Waals surface area (Å²) >= 11 is 1.34. The molecule has 9 nitrogen and oxygen atoms in total. The van der Waals surface area contributed by atoms with Crippen LogP contribution in [0.3, 0.4) is 0 Å². The number of nitrogen functional groups attached to an aromatic ring is 1. The maximum atomic E-state index is 12.3. The van der Waals surface area contributed by atoms with Crippen molar-refractivity contribution >= 4 is 46.9 Å². The minimum absolute atomic E-state index is 0.00878. The number of hydrogen-bond acceptors (Lipinski definition) is 9. The molecule has 1 aliphatic heterocycles. The van der Waals surface area contributed by atoms with Crippen LogP contribution in [0.25, 0.3) is 0 Å². The van der Waals surface area contributed by atoms with E-state index in [4.69, 9.17) is 10.5 Å². The van der Waals surface area contributed by atoms with Gasteiger partial charge in [-0.3, -0.25) is 9.59 Å². The maximum Gasteiger partial charge on any atom is 0.307 e. The number of carbonyl (C=O) groups is 2. The third-order valence-corrected chi connectivity index (χ3v) is 5.70. The zero-order chi connectivity index (χ0) is 21.8. The Balaban J connectivity index is 1.35. The zero-order valence-corrected chi connectivity index (χ0v) is 17.5. The molecule has 1 aliphatic rings. The van der Waals surface area contributed by atoms with Gasteiger partial charge in [0.15, 0.2) is 12.4 Å². The van der Waals surface area contributed by atoms with Gasteiger partial charge in [-0.15, -0.1) is 11.8 Å². The highest BCUT2D eigenvalue weighted by Gasteiger charge is 2.29. The third-order valence-electron chi connectivity index (χ3n) is 4.43. The number of rotatable bonds is 6. The molecule has 4 rings (SSSR count). The van der Waals surface area contributed by atoms with Gasteiger partial charge in [0.25, 0.3) is 0 Å². The average Bonchev–Trinajstić information content (AvgIpc) is 2.74. The first-order valence-electron chi connectivity index (χ1n) is 9.52. The van der Waals surface area contributed by atoms with Crippen molar-refractivity contribution in [1.29, 1.82) is 0 Å². The number of aryl methyl sites for hydroxylation is 1. The lowest BCUT2D eigenvalue weighted by Crippen LogP contribution is -2.31. The van der Waals surface area contributed by atoms with Crippen molar-refractivity contribution in [3.05, 3.63) is 59.9 Å². The van der Waals surface area contributed by atoms with Crippen LogP contribution in [0.1, 0.15) is 17.8 Å². The van der Waals surface area contributed by atoms with Crippen LogP contribution in [0.5, 0.6) is 0 Å². The average molecular weight is 436 g/mol. The van der Waals surface area contributed by atoms with Crippen molar-refractivity contribution in [3.8, 4) is 0 Å². The molecule has 1 atom stereocenters. The van der Waals surface area contributed by atoms with Crippen LogP contribution < -0.4 is 16.4 Å².